The highest BCUT2D eigenvalue weighted by Crippen LogP contribution is 2.31. The van der Waals surface area contributed by atoms with Gasteiger partial charge in [0, 0.05) is 11.4 Å². The molecule has 0 radical (unpaired) electrons. The Balaban J connectivity index is 2.11. The first-order chi connectivity index (χ1) is 8.46. The van der Waals surface area contributed by atoms with Crippen LogP contribution in [0.15, 0.2) is 6.07 Å². The van der Waals surface area contributed by atoms with Gasteiger partial charge in [0.2, 0.25) is 0 Å². The Bertz CT molecular complexity index is 431. The molecule has 0 spiro atoms. The maximum Gasteiger partial charge on any atom is 0.261 e. The van der Waals surface area contributed by atoms with Crippen molar-refractivity contribution in [2.75, 3.05) is 6.54 Å². The van der Waals surface area contributed by atoms with Crippen molar-refractivity contribution in [1.82, 2.24) is 5.32 Å². The van der Waals surface area contributed by atoms with Crippen LogP contribution in [0.5, 0.6) is 0 Å². The summed E-state index contributed by atoms with van der Waals surface area (Å²) < 4.78 is 0. The molecule has 0 saturated heterocycles. The smallest absolute Gasteiger partial charge is 0.261 e. The molecule has 1 aromatic heterocycles. The van der Waals surface area contributed by atoms with E-state index in [2.05, 4.69) is 25.2 Å². The Morgan fingerprint density at radius 2 is 2.28 bits per heavy atom. The summed E-state index contributed by atoms with van der Waals surface area (Å²) in [4.78, 5) is 14.5. The minimum Gasteiger partial charge on any atom is -0.345 e. The van der Waals surface area contributed by atoms with Gasteiger partial charge >= 0.3 is 0 Å². The molecule has 3 N–H and O–H groups in total. The first kappa shape index (κ1) is 13.6. The van der Waals surface area contributed by atoms with Crippen molar-refractivity contribution in [2.45, 2.75) is 45.6 Å². The van der Waals surface area contributed by atoms with Gasteiger partial charge in [0.05, 0.1) is 10.4 Å². The van der Waals surface area contributed by atoms with Gasteiger partial charge < -0.3 is 11.1 Å². The fraction of sp³-hybridized carbons (Fsp3) is 0.643. The summed E-state index contributed by atoms with van der Waals surface area (Å²) in [7, 11) is 0. The van der Waals surface area contributed by atoms with Gasteiger partial charge in [-0.3, -0.25) is 4.79 Å². The van der Waals surface area contributed by atoms with Crippen molar-refractivity contribution in [3.8, 4) is 0 Å². The Hall–Kier alpha value is -0.870. The minimum atomic E-state index is -0.328. The molecule has 1 heterocycles. The molecule has 0 saturated carbocycles. The molecule has 0 aromatic carbocycles. The Kier molecular flexibility index (Phi) is 3.78. The van der Waals surface area contributed by atoms with Gasteiger partial charge in [-0.05, 0) is 43.7 Å². The van der Waals surface area contributed by atoms with Gasteiger partial charge in [0.25, 0.3) is 5.91 Å². The monoisotopic (exact) mass is 266 g/mol. The zero-order chi connectivity index (χ0) is 13.3. The second-order valence-electron chi connectivity index (χ2n) is 5.64. The van der Waals surface area contributed by atoms with E-state index in [1.165, 1.54) is 16.9 Å². The van der Waals surface area contributed by atoms with Crippen molar-refractivity contribution in [3.63, 3.8) is 0 Å². The van der Waals surface area contributed by atoms with E-state index in [0.29, 0.717) is 12.5 Å². The number of carbonyl (C=O) groups is 1. The Labute approximate surface area is 113 Å². The fourth-order valence-corrected chi connectivity index (χ4v) is 3.34. The first-order valence-electron chi connectivity index (χ1n) is 6.60. The van der Waals surface area contributed by atoms with Crippen LogP contribution in [0.2, 0.25) is 0 Å². The largest absolute Gasteiger partial charge is 0.345 e. The van der Waals surface area contributed by atoms with Crippen molar-refractivity contribution in [2.24, 2.45) is 11.7 Å². The molecule has 1 aromatic rings. The van der Waals surface area contributed by atoms with Crippen LogP contribution >= 0.6 is 11.3 Å². The van der Waals surface area contributed by atoms with Crippen LogP contribution in [0.4, 0.5) is 0 Å². The van der Waals surface area contributed by atoms with E-state index in [1.54, 1.807) is 11.3 Å². The van der Waals surface area contributed by atoms with E-state index < -0.39 is 0 Å². The Morgan fingerprint density at radius 1 is 1.56 bits per heavy atom. The van der Waals surface area contributed by atoms with Crippen LogP contribution in [0, 0.1) is 5.92 Å². The number of hydrogen-bond acceptors (Lipinski definition) is 3. The number of amides is 1. The number of aryl methyl sites for hydroxylation is 2. The Morgan fingerprint density at radius 3 is 2.83 bits per heavy atom. The number of carbonyl (C=O) groups excluding carboxylic acids is 1. The topological polar surface area (TPSA) is 55.1 Å². The van der Waals surface area contributed by atoms with Crippen molar-refractivity contribution in [3.05, 3.63) is 21.4 Å². The molecule has 1 aliphatic rings. The van der Waals surface area contributed by atoms with Gasteiger partial charge in [-0.1, -0.05) is 13.8 Å². The second kappa shape index (κ2) is 5.02. The number of hydrogen-bond donors (Lipinski definition) is 2. The normalized spacial score (nSPS) is 17.6. The quantitative estimate of drug-likeness (QED) is 0.879. The lowest BCUT2D eigenvalue weighted by Gasteiger charge is -2.33. The molecule has 1 aliphatic carbocycles. The predicted molar refractivity (Wildman–Crippen MR) is 76.1 cm³/mol. The summed E-state index contributed by atoms with van der Waals surface area (Å²) in [5.74, 6) is 0.342. The fourth-order valence-electron chi connectivity index (χ4n) is 2.19. The van der Waals surface area contributed by atoms with Crippen LogP contribution in [0.3, 0.4) is 0 Å². The summed E-state index contributed by atoms with van der Waals surface area (Å²) in [6, 6.07) is 2.06. The maximum atomic E-state index is 12.3. The van der Waals surface area contributed by atoms with E-state index >= 15 is 0 Å². The number of nitrogens with one attached hydrogen (secondary N) is 1. The average Bonchev–Trinajstić information content (AvgIpc) is 2.88. The summed E-state index contributed by atoms with van der Waals surface area (Å²) in [5.41, 5.74) is 6.83. The molecule has 0 bridgehead atoms. The third-order valence-electron chi connectivity index (χ3n) is 4.07. The first-order valence-corrected chi connectivity index (χ1v) is 7.42. The molecule has 0 aliphatic heterocycles. The highest BCUT2D eigenvalue weighted by molar-refractivity contribution is 7.14. The van der Waals surface area contributed by atoms with Gasteiger partial charge in [0.1, 0.15) is 0 Å². The third kappa shape index (κ3) is 2.45. The second-order valence-corrected chi connectivity index (χ2v) is 6.78. The lowest BCUT2D eigenvalue weighted by atomic mass is 9.88. The zero-order valence-corrected chi connectivity index (χ0v) is 12.2. The molecular weight excluding hydrogens is 244 g/mol. The summed E-state index contributed by atoms with van der Waals surface area (Å²) in [5, 5.41) is 3.09. The molecule has 3 nitrogen and oxygen atoms in total. The van der Waals surface area contributed by atoms with Gasteiger partial charge in [0.15, 0.2) is 0 Å². The molecule has 100 valence electrons. The molecule has 1 unspecified atom stereocenters. The van der Waals surface area contributed by atoms with E-state index in [4.69, 9.17) is 5.73 Å². The zero-order valence-electron chi connectivity index (χ0n) is 11.4. The highest BCUT2D eigenvalue weighted by Gasteiger charge is 2.30. The van der Waals surface area contributed by atoms with Crippen LogP contribution in [0.25, 0.3) is 0 Å². The van der Waals surface area contributed by atoms with E-state index in [9.17, 15) is 4.79 Å². The van der Waals surface area contributed by atoms with E-state index in [1.807, 2.05) is 6.92 Å². The van der Waals surface area contributed by atoms with Crippen LogP contribution in [0.1, 0.15) is 47.3 Å². The standard InChI is InChI=1S/C14H22N2OS/c1-9(2)14(3,8-15)16-13(17)12-7-10-5-4-6-11(10)18-12/h7,9H,4-6,8,15H2,1-3H3,(H,16,17). The molecule has 1 amide bonds. The SMILES string of the molecule is CC(C)C(C)(CN)NC(=O)c1cc2c(s1)CCC2. The maximum absolute atomic E-state index is 12.3. The van der Waals surface area contributed by atoms with Gasteiger partial charge in [-0.25, -0.2) is 0 Å². The molecular formula is C14H22N2OS. The number of thiophene rings is 1. The van der Waals surface area contributed by atoms with Crippen molar-refractivity contribution in [1.29, 1.82) is 0 Å². The molecule has 1 atom stereocenters. The lowest BCUT2D eigenvalue weighted by molar-refractivity contribution is 0.0887. The van der Waals surface area contributed by atoms with E-state index in [-0.39, 0.29) is 11.4 Å². The van der Waals surface area contributed by atoms with Crippen LogP contribution < -0.4 is 11.1 Å². The van der Waals surface area contributed by atoms with Crippen molar-refractivity contribution >= 4 is 17.2 Å². The molecule has 0 fully saturated rings. The van der Waals surface area contributed by atoms with Crippen LogP contribution in [-0.4, -0.2) is 18.0 Å². The summed E-state index contributed by atoms with van der Waals surface area (Å²) >= 11 is 1.64. The van der Waals surface area contributed by atoms with Gasteiger partial charge in [-0.2, -0.15) is 0 Å². The molecule has 18 heavy (non-hydrogen) atoms. The molecule has 2 rings (SSSR count). The highest BCUT2D eigenvalue weighted by atomic mass is 32.1. The predicted octanol–water partition coefficient (Wildman–Crippen LogP) is 2.34. The third-order valence-corrected chi connectivity index (χ3v) is 5.30. The summed E-state index contributed by atoms with van der Waals surface area (Å²) in [6.45, 7) is 6.64. The van der Waals surface area contributed by atoms with Crippen molar-refractivity contribution < 1.29 is 4.79 Å². The number of nitrogens with two attached hydrogens (primary N) is 1. The van der Waals surface area contributed by atoms with E-state index in [0.717, 1.165) is 17.7 Å². The van der Waals surface area contributed by atoms with Gasteiger partial charge in [-0.15, -0.1) is 11.3 Å². The number of rotatable bonds is 4. The van der Waals surface area contributed by atoms with Crippen LogP contribution in [-0.2, 0) is 12.8 Å². The molecule has 4 heteroatoms. The summed E-state index contributed by atoms with van der Waals surface area (Å²) in [6.07, 6.45) is 3.48. The average molecular weight is 266 g/mol. The lowest BCUT2D eigenvalue weighted by Crippen LogP contribution is -2.54. The minimum absolute atomic E-state index is 0.0241. The number of fused-ring (bicyclic) bond motifs is 1.